The molecule has 0 amide bonds. The quantitative estimate of drug-likeness (QED) is 0.619. The van der Waals surface area contributed by atoms with E-state index >= 15 is 0 Å². The van der Waals surface area contributed by atoms with Gasteiger partial charge in [0.15, 0.2) is 11.6 Å². The van der Waals surface area contributed by atoms with Gasteiger partial charge < -0.3 is 9.57 Å². The van der Waals surface area contributed by atoms with Gasteiger partial charge in [0.1, 0.15) is 18.6 Å². The summed E-state index contributed by atoms with van der Waals surface area (Å²) >= 11 is 0. The van der Waals surface area contributed by atoms with Crippen LogP contribution in [0, 0.1) is 11.6 Å². The molecule has 0 heterocycles. The smallest absolute Gasteiger partial charge is 0.159 e. The van der Waals surface area contributed by atoms with Crippen LogP contribution in [0.3, 0.4) is 0 Å². The lowest BCUT2D eigenvalue weighted by atomic mass is 10.2. The van der Waals surface area contributed by atoms with E-state index in [0.29, 0.717) is 16.9 Å². The Hall–Kier alpha value is -2.43. The Morgan fingerprint density at radius 1 is 1.10 bits per heavy atom. The predicted molar refractivity (Wildman–Crippen MR) is 70.7 cm³/mol. The second-order valence-corrected chi connectivity index (χ2v) is 3.96. The summed E-state index contributed by atoms with van der Waals surface area (Å²) in [5, 5.41) is 3.64. The normalized spacial score (nSPS) is 10.8. The molecule has 103 valence electrons. The van der Waals surface area contributed by atoms with Crippen molar-refractivity contribution in [2.45, 2.75) is 6.61 Å². The molecule has 0 saturated heterocycles. The third kappa shape index (κ3) is 3.78. The summed E-state index contributed by atoms with van der Waals surface area (Å²) in [6.07, 6.45) is 2.67. The van der Waals surface area contributed by atoms with Crippen molar-refractivity contribution in [2.75, 3.05) is 7.11 Å². The fraction of sp³-hybridized carbons (Fsp3) is 0.133. The summed E-state index contributed by atoms with van der Waals surface area (Å²) in [7, 11) is 1.57. The van der Waals surface area contributed by atoms with Crippen molar-refractivity contribution in [2.24, 2.45) is 5.16 Å². The third-order valence-electron chi connectivity index (χ3n) is 2.52. The van der Waals surface area contributed by atoms with Crippen molar-refractivity contribution in [3.63, 3.8) is 0 Å². The highest BCUT2D eigenvalue weighted by Crippen LogP contribution is 2.12. The van der Waals surface area contributed by atoms with Gasteiger partial charge in [-0.3, -0.25) is 0 Å². The van der Waals surface area contributed by atoms with Crippen LogP contribution in [0.2, 0.25) is 0 Å². The Morgan fingerprint density at radius 3 is 2.70 bits per heavy atom. The zero-order valence-electron chi connectivity index (χ0n) is 10.8. The number of ether oxygens (including phenoxy) is 1. The fourth-order valence-corrected chi connectivity index (χ4v) is 1.51. The first-order valence-corrected chi connectivity index (χ1v) is 5.85. The van der Waals surface area contributed by atoms with Crippen molar-refractivity contribution >= 4 is 6.21 Å². The van der Waals surface area contributed by atoms with Crippen LogP contribution in [0.25, 0.3) is 0 Å². The molecule has 0 N–H and O–H groups in total. The predicted octanol–water partition coefficient (Wildman–Crippen LogP) is 3.40. The van der Waals surface area contributed by atoms with Crippen LogP contribution in [-0.2, 0) is 11.4 Å². The second-order valence-electron chi connectivity index (χ2n) is 3.96. The molecule has 5 heteroatoms. The highest BCUT2D eigenvalue weighted by Gasteiger charge is 2.02. The summed E-state index contributed by atoms with van der Waals surface area (Å²) < 4.78 is 30.7. The minimum absolute atomic E-state index is 0.0359. The molecule has 3 nitrogen and oxygen atoms in total. The van der Waals surface area contributed by atoms with Crippen LogP contribution in [0.1, 0.15) is 11.1 Å². The Labute approximate surface area is 115 Å². The molecule has 0 bridgehead atoms. The van der Waals surface area contributed by atoms with Gasteiger partial charge in [0, 0.05) is 5.56 Å². The van der Waals surface area contributed by atoms with Crippen LogP contribution in [0.4, 0.5) is 8.78 Å². The number of rotatable bonds is 5. The molecule has 0 saturated carbocycles. The van der Waals surface area contributed by atoms with Gasteiger partial charge in [0.25, 0.3) is 0 Å². The number of nitrogens with zero attached hydrogens (tertiary/aromatic N) is 1. The van der Waals surface area contributed by atoms with E-state index in [0.717, 1.165) is 12.1 Å². The number of methoxy groups -OCH3 is 1. The molecule has 0 aliphatic heterocycles. The van der Waals surface area contributed by atoms with E-state index in [9.17, 15) is 8.78 Å². The number of hydrogen-bond donors (Lipinski definition) is 0. The maximum Gasteiger partial charge on any atom is 0.159 e. The Bertz CT molecular complexity index is 615. The standard InChI is InChI=1S/C15H12F2NO2/c1-19-13-4-2-3-11(7-13)9-18-20-10-12-5-6-14(16)15(17)8-12/h2-8H,10H2,1H3. The van der Waals surface area contributed by atoms with E-state index in [1.807, 2.05) is 0 Å². The zero-order chi connectivity index (χ0) is 14.4. The van der Waals surface area contributed by atoms with Crippen LogP contribution in [0.5, 0.6) is 5.75 Å². The molecule has 0 spiro atoms. The van der Waals surface area contributed by atoms with Crippen molar-refractivity contribution in [3.8, 4) is 5.75 Å². The van der Waals surface area contributed by atoms with Crippen LogP contribution >= 0.6 is 0 Å². The number of hydrogen-bond acceptors (Lipinski definition) is 3. The first-order valence-electron chi connectivity index (χ1n) is 5.85. The molecule has 0 aromatic heterocycles. The van der Waals surface area contributed by atoms with Gasteiger partial charge in [0.2, 0.25) is 0 Å². The minimum atomic E-state index is -0.910. The maximum absolute atomic E-state index is 12.9. The van der Waals surface area contributed by atoms with Crippen LogP contribution in [0.15, 0.2) is 47.6 Å². The van der Waals surface area contributed by atoms with Gasteiger partial charge in [0.05, 0.1) is 7.11 Å². The summed E-state index contributed by atoms with van der Waals surface area (Å²) in [5.41, 5.74) is 1.18. The maximum atomic E-state index is 12.9. The molecule has 0 atom stereocenters. The summed E-state index contributed by atoms with van der Waals surface area (Å²) in [6, 6.07) is 10.7. The van der Waals surface area contributed by atoms with E-state index in [4.69, 9.17) is 9.57 Å². The average Bonchev–Trinajstić information content (AvgIpc) is 2.47. The molecule has 0 unspecified atom stereocenters. The molecule has 0 fully saturated rings. The first-order chi connectivity index (χ1) is 9.69. The largest absolute Gasteiger partial charge is 0.497 e. The Kier molecular flexibility index (Phi) is 4.65. The van der Waals surface area contributed by atoms with Gasteiger partial charge in [-0.1, -0.05) is 23.4 Å². The van der Waals surface area contributed by atoms with Gasteiger partial charge in [-0.05, 0) is 29.8 Å². The molecule has 20 heavy (non-hydrogen) atoms. The topological polar surface area (TPSA) is 30.8 Å². The molecule has 2 aromatic rings. The minimum Gasteiger partial charge on any atom is -0.497 e. The summed E-state index contributed by atoms with van der Waals surface area (Å²) in [6.45, 7) is 0.0359. The van der Waals surface area contributed by atoms with E-state index in [-0.39, 0.29) is 6.61 Å². The third-order valence-corrected chi connectivity index (χ3v) is 2.52. The average molecular weight is 276 g/mol. The summed E-state index contributed by atoms with van der Waals surface area (Å²) in [5.74, 6) is -1.11. The van der Waals surface area contributed by atoms with Crippen molar-refractivity contribution in [3.05, 3.63) is 65.2 Å². The van der Waals surface area contributed by atoms with Crippen LogP contribution in [-0.4, -0.2) is 13.3 Å². The summed E-state index contributed by atoms with van der Waals surface area (Å²) in [4.78, 5) is 4.98. The molecule has 2 aromatic carbocycles. The van der Waals surface area contributed by atoms with Gasteiger partial charge in [-0.2, -0.15) is 0 Å². The number of benzene rings is 2. The number of halogens is 2. The van der Waals surface area contributed by atoms with Gasteiger partial charge in [-0.25, -0.2) is 8.78 Å². The molecule has 1 radical (unpaired) electrons. The molecule has 2 rings (SSSR count). The van der Waals surface area contributed by atoms with Crippen LogP contribution < -0.4 is 4.74 Å². The van der Waals surface area contributed by atoms with Gasteiger partial charge >= 0.3 is 0 Å². The molecular formula is C15H12F2NO2. The van der Waals surface area contributed by atoms with Crippen molar-refractivity contribution in [1.29, 1.82) is 0 Å². The monoisotopic (exact) mass is 276 g/mol. The van der Waals surface area contributed by atoms with E-state index in [2.05, 4.69) is 11.4 Å². The Balaban J connectivity index is 1.91. The first kappa shape index (κ1) is 14.0. The fourth-order valence-electron chi connectivity index (χ4n) is 1.51. The Morgan fingerprint density at radius 2 is 1.95 bits per heavy atom. The molecule has 0 aliphatic rings. The zero-order valence-corrected chi connectivity index (χ0v) is 10.8. The van der Waals surface area contributed by atoms with Crippen molar-refractivity contribution < 1.29 is 18.4 Å². The van der Waals surface area contributed by atoms with E-state index < -0.39 is 11.6 Å². The van der Waals surface area contributed by atoms with Crippen molar-refractivity contribution in [1.82, 2.24) is 0 Å². The van der Waals surface area contributed by atoms with E-state index in [1.165, 1.54) is 6.07 Å². The SMILES string of the molecule is COc1cccc(/[C]=N\OCc2ccc(F)c(F)c2)c1. The lowest BCUT2D eigenvalue weighted by Crippen LogP contribution is -1.92. The highest BCUT2D eigenvalue weighted by atomic mass is 19.2. The lowest BCUT2D eigenvalue weighted by Gasteiger charge is -2.01. The lowest BCUT2D eigenvalue weighted by molar-refractivity contribution is 0.132. The van der Waals surface area contributed by atoms with Gasteiger partial charge in [-0.15, -0.1) is 0 Å². The molecule has 0 aliphatic carbocycles. The second kappa shape index (κ2) is 6.65. The van der Waals surface area contributed by atoms with E-state index in [1.54, 1.807) is 31.4 Å². The molecular weight excluding hydrogens is 264 g/mol. The highest BCUT2D eigenvalue weighted by molar-refractivity contribution is 5.79.